The van der Waals surface area contributed by atoms with Crippen molar-refractivity contribution >= 4 is 12.0 Å². The molecule has 0 spiro atoms. The fourth-order valence-electron chi connectivity index (χ4n) is 0.796. The highest BCUT2D eigenvalue weighted by Crippen LogP contribution is 1.87. The molecule has 6 heteroatoms. The van der Waals surface area contributed by atoms with Gasteiger partial charge in [-0.1, -0.05) is 0 Å². The summed E-state index contributed by atoms with van der Waals surface area (Å²) in [7, 11) is 0. The number of hydrogen-bond donors (Lipinski definition) is 2. The lowest BCUT2D eigenvalue weighted by atomic mass is 10.3. The number of nitrogens with two attached hydrogens (primary N) is 2. The molecule has 0 bridgehead atoms. The Labute approximate surface area is 73.7 Å². The molecular formula is C7H8N3O3+. The van der Waals surface area contributed by atoms with Crippen LogP contribution < -0.4 is 21.0 Å². The molecule has 0 aliphatic heterocycles. The molecule has 0 fully saturated rings. The van der Waals surface area contributed by atoms with Crippen molar-refractivity contribution in [3.63, 3.8) is 0 Å². The topological polar surface area (TPSA) is 99.3 Å². The zero-order chi connectivity index (χ0) is 9.84. The van der Waals surface area contributed by atoms with Gasteiger partial charge in [0.1, 0.15) is 0 Å². The predicted octanol–water partition coefficient (Wildman–Crippen LogP) is -1.42. The van der Waals surface area contributed by atoms with Crippen LogP contribution in [0.2, 0.25) is 0 Å². The van der Waals surface area contributed by atoms with Gasteiger partial charge in [-0.3, -0.25) is 4.79 Å². The van der Waals surface area contributed by atoms with E-state index in [1.807, 2.05) is 0 Å². The average Bonchev–Trinajstić information content (AvgIpc) is 2.03. The number of aromatic nitrogens is 1. The van der Waals surface area contributed by atoms with Crippen molar-refractivity contribution in [1.29, 1.82) is 0 Å². The van der Waals surface area contributed by atoms with Crippen molar-refractivity contribution in [2.75, 3.05) is 0 Å². The summed E-state index contributed by atoms with van der Waals surface area (Å²) in [6.45, 7) is 0. The van der Waals surface area contributed by atoms with Crippen molar-refractivity contribution in [1.82, 2.24) is 0 Å². The number of carbonyl (C=O) groups excluding carboxylic acids is 2. The van der Waals surface area contributed by atoms with Crippen LogP contribution in [0.4, 0.5) is 4.79 Å². The van der Waals surface area contributed by atoms with E-state index in [-0.39, 0.29) is 5.69 Å². The maximum Gasteiger partial charge on any atom is 0.473 e. The van der Waals surface area contributed by atoms with Crippen LogP contribution in [0.3, 0.4) is 0 Å². The van der Waals surface area contributed by atoms with Gasteiger partial charge in [-0.05, 0) is 6.07 Å². The minimum absolute atomic E-state index is 0.0429. The smallest absolute Gasteiger partial charge is 0.360 e. The van der Waals surface area contributed by atoms with Crippen LogP contribution in [-0.4, -0.2) is 12.0 Å². The predicted molar refractivity (Wildman–Crippen MR) is 41.3 cm³/mol. The molecule has 68 valence electrons. The maximum atomic E-state index is 10.8. The third-order valence-electron chi connectivity index (χ3n) is 1.26. The van der Waals surface area contributed by atoms with E-state index in [4.69, 9.17) is 11.5 Å². The van der Waals surface area contributed by atoms with Crippen LogP contribution in [0.25, 0.3) is 0 Å². The largest absolute Gasteiger partial charge is 0.473 e. The van der Waals surface area contributed by atoms with E-state index in [9.17, 15) is 9.59 Å². The first-order valence-corrected chi connectivity index (χ1v) is 3.39. The summed E-state index contributed by atoms with van der Waals surface area (Å²) in [5.41, 5.74) is 9.80. The van der Waals surface area contributed by atoms with Crippen LogP contribution in [-0.2, 0) is 0 Å². The Kier molecular flexibility index (Phi) is 2.44. The Morgan fingerprint density at radius 3 is 2.54 bits per heavy atom. The molecule has 0 aromatic carbocycles. The Hall–Kier alpha value is -2.11. The Balaban J connectivity index is 3.04. The highest BCUT2D eigenvalue weighted by molar-refractivity contribution is 5.89. The van der Waals surface area contributed by atoms with Crippen molar-refractivity contribution in [3.05, 3.63) is 30.1 Å². The van der Waals surface area contributed by atoms with E-state index < -0.39 is 12.0 Å². The fraction of sp³-hybridized carbons (Fsp3) is 0. The molecule has 0 aliphatic rings. The lowest BCUT2D eigenvalue weighted by Crippen LogP contribution is -2.52. The van der Waals surface area contributed by atoms with Gasteiger partial charge in [-0.25, -0.2) is 4.79 Å². The molecule has 2 amide bonds. The second-order valence-corrected chi connectivity index (χ2v) is 2.19. The van der Waals surface area contributed by atoms with Crippen molar-refractivity contribution in [3.8, 4) is 0 Å². The third kappa shape index (κ3) is 2.16. The number of amides is 2. The zero-order valence-electron chi connectivity index (χ0n) is 6.64. The number of carbonyl (C=O) groups is 2. The number of nitrogens with zero attached hydrogens (tertiary/aromatic N) is 1. The van der Waals surface area contributed by atoms with Crippen molar-refractivity contribution < 1.29 is 19.2 Å². The lowest BCUT2D eigenvalue weighted by molar-refractivity contribution is -0.869. The molecule has 0 atom stereocenters. The molecule has 4 N–H and O–H groups in total. The van der Waals surface area contributed by atoms with E-state index in [0.717, 1.165) is 4.73 Å². The summed E-state index contributed by atoms with van der Waals surface area (Å²) >= 11 is 0. The van der Waals surface area contributed by atoms with E-state index in [0.29, 0.717) is 0 Å². The van der Waals surface area contributed by atoms with Crippen LogP contribution >= 0.6 is 0 Å². The van der Waals surface area contributed by atoms with Crippen molar-refractivity contribution in [2.45, 2.75) is 0 Å². The van der Waals surface area contributed by atoms with Gasteiger partial charge < -0.3 is 11.5 Å². The Morgan fingerprint density at radius 2 is 2.00 bits per heavy atom. The van der Waals surface area contributed by atoms with Crippen LogP contribution in [0.15, 0.2) is 24.4 Å². The second kappa shape index (κ2) is 3.53. The van der Waals surface area contributed by atoms with E-state index in [2.05, 4.69) is 4.84 Å². The van der Waals surface area contributed by atoms with Crippen LogP contribution in [0.5, 0.6) is 0 Å². The summed E-state index contributed by atoms with van der Waals surface area (Å²) in [5, 5.41) is 0. The first-order chi connectivity index (χ1) is 6.11. The van der Waals surface area contributed by atoms with E-state index in [1.54, 1.807) is 12.1 Å². The van der Waals surface area contributed by atoms with Gasteiger partial charge in [-0.2, -0.15) is 4.84 Å². The molecule has 6 nitrogen and oxygen atoms in total. The molecule has 0 saturated carbocycles. The molecule has 13 heavy (non-hydrogen) atoms. The van der Waals surface area contributed by atoms with Gasteiger partial charge in [-0.15, -0.1) is 0 Å². The van der Waals surface area contributed by atoms with Gasteiger partial charge in [0.15, 0.2) is 0 Å². The number of hydrogen-bond acceptors (Lipinski definition) is 3. The molecule has 1 rings (SSSR count). The summed E-state index contributed by atoms with van der Waals surface area (Å²) in [5.74, 6) is -0.707. The minimum Gasteiger partial charge on any atom is -0.360 e. The SMILES string of the molecule is NC(=O)O[n+]1ccccc1C(N)=O. The van der Waals surface area contributed by atoms with Gasteiger partial charge in [0.25, 0.3) is 0 Å². The molecule has 1 heterocycles. The molecular weight excluding hydrogens is 174 g/mol. The summed E-state index contributed by atoms with van der Waals surface area (Å²) < 4.78 is 0.907. The summed E-state index contributed by atoms with van der Waals surface area (Å²) in [4.78, 5) is 25.6. The third-order valence-corrected chi connectivity index (χ3v) is 1.26. The summed E-state index contributed by atoms with van der Waals surface area (Å²) in [6, 6.07) is 4.56. The first kappa shape index (κ1) is 8.98. The lowest BCUT2D eigenvalue weighted by Gasteiger charge is -1.94. The quantitative estimate of drug-likeness (QED) is 0.549. The first-order valence-electron chi connectivity index (χ1n) is 3.39. The number of rotatable bonds is 2. The molecule has 0 unspecified atom stereocenters. The van der Waals surface area contributed by atoms with E-state index in [1.165, 1.54) is 12.3 Å². The van der Waals surface area contributed by atoms with Crippen molar-refractivity contribution in [2.24, 2.45) is 11.5 Å². The molecule has 0 radical (unpaired) electrons. The zero-order valence-corrected chi connectivity index (χ0v) is 6.64. The van der Waals surface area contributed by atoms with Crippen LogP contribution in [0.1, 0.15) is 10.5 Å². The van der Waals surface area contributed by atoms with Gasteiger partial charge in [0.05, 0.1) is 0 Å². The minimum atomic E-state index is -1.02. The Morgan fingerprint density at radius 1 is 1.31 bits per heavy atom. The number of primary amides is 2. The normalized spacial score (nSPS) is 9.23. The molecule has 0 aliphatic carbocycles. The fourth-order valence-corrected chi connectivity index (χ4v) is 0.796. The van der Waals surface area contributed by atoms with Crippen LogP contribution in [0, 0.1) is 0 Å². The highest BCUT2D eigenvalue weighted by atomic mass is 16.7. The van der Waals surface area contributed by atoms with Gasteiger partial charge >= 0.3 is 17.7 Å². The summed E-state index contributed by atoms with van der Waals surface area (Å²) in [6.07, 6.45) is 0.337. The molecule has 1 aromatic heterocycles. The maximum absolute atomic E-state index is 10.8. The van der Waals surface area contributed by atoms with Gasteiger partial charge in [0.2, 0.25) is 6.20 Å². The molecule has 0 saturated heterocycles. The standard InChI is InChI=1S/C7H7N3O3/c8-6(11)5-3-1-2-4-10(5)13-7(9)12/h1-4H,(H3-,8,9,11,12)/p+1. The van der Waals surface area contributed by atoms with E-state index >= 15 is 0 Å². The van der Waals surface area contributed by atoms with Gasteiger partial charge in [0, 0.05) is 16.9 Å². The molecule has 1 aromatic rings. The average molecular weight is 182 g/mol. The highest BCUT2D eigenvalue weighted by Gasteiger charge is 2.19. The Bertz CT molecular complexity index is 351. The second-order valence-electron chi connectivity index (χ2n) is 2.19. The monoisotopic (exact) mass is 182 g/mol. The number of pyridine rings is 1.